The van der Waals surface area contributed by atoms with Crippen molar-refractivity contribution >= 4 is 73.4 Å². The van der Waals surface area contributed by atoms with Crippen molar-refractivity contribution in [1.82, 2.24) is 0 Å². The van der Waals surface area contributed by atoms with E-state index in [-0.39, 0.29) is 17.1 Å². The molecule has 0 bridgehead atoms. The van der Waals surface area contributed by atoms with E-state index in [2.05, 4.69) is 73.8 Å². The van der Waals surface area contributed by atoms with Crippen LogP contribution in [0.1, 0.15) is 61.7 Å². The second-order valence-corrected chi connectivity index (χ2v) is 14.5. The molecule has 0 saturated heterocycles. The zero-order valence-corrected chi connectivity index (χ0v) is 28.4. The second-order valence-electron chi connectivity index (χ2n) is 13.0. The fourth-order valence-corrected chi connectivity index (χ4v) is 8.93. The van der Waals surface area contributed by atoms with Crippen LogP contribution in [0.3, 0.4) is 0 Å². The molecule has 4 nitrogen and oxygen atoms in total. The van der Waals surface area contributed by atoms with E-state index in [0.29, 0.717) is 21.8 Å². The van der Waals surface area contributed by atoms with Crippen LogP contribution < -0.4 is 4.90 Å². The normalized spacial score (nSPS) is 14.5. The summed E-state index contributed by atoms with van der Waals surface area (Å²) < 4.78 is 0. The Labute approximate surface area is 288 Å². The molecule has 0 atom stereocenters. The molecule has 0 spiro atoms. The van der Waals surface area contributed by atoms with E-state index >= 15 is 0 Å². The maximum atomic E-state index is 13.4. The molecule has 0 fully saturated rings. The van der Waals surface area contributed by atoms with Crippen LogP contribution >= 0.6 is 22.9 Å². The maximum Gasteiger partial charge on any atom is 0.197 e. The highest BCUT2D eigenvalue weighted by molar-refractivity contribution is 7.17. The van der Waals surface area contributed by atoms with E-state index in [1.807, 2.05) is 36.4 Å². The van der Waals surface area contributed by atoms with Gasteiger partial charge >= 0.3 is 0 Å². The van der Waals surface area contributed by atoms with Gasteiger partial charge in [-0.05, 0) is 72.5 Å². The Hall–Kier alpha value is -5.28. The molecule has 0 radical (unpaired) electrons. The summed E-state index contributed by atoms with van der Waals surface area (Å²) in [5.41, 5.74) is 9.99. The first kappa shape index (κ1) is 30.1. The summed E-state index contributed by atoms with van der Waals surface area (Å²) in [6, 6.07) is 31.9. The Balaban J connectivity index is 1.36. The summed E-state index contributed by atoms with van der Waals surface area (Å²) in [4.78, 5) is 33.6. The number of carbonyl (C=O) groups is 2. The van der Waals surface area contributed by atoms with Gasteiger partial charge in [0.1, 0.15) is 5.00 Å². The molecule has 6 aromatic rings. The molecule has 1 aliphatic carbocycles. The second kappa shape index (κ2) is 10.9. The molecule has 0 unspecified atom stereocenters. The standard InChI is InChI=1S/C42H29ClN2O2S/c1-23-18-26(44-5)19-24(2)38(23)25-14-16-37-33(20-25)42(3,4)34-22-27(21-32-39(46)30-12-8-9-13-31(30)40(32)47)48-41(34)45(37)36-17-15-35(43)28-10-6-7-11-29(28)36/h6-22H,1-4H3. The number of nitrogens with zero attached hydrogens (tertiary/aromatic N) is 2. The average molecular weight is 661 g/mol. The van der Waals surface area contributed by atoms with E-state index in [4.69, 9.17) is 18.2 Å². The summed E-state index contributed by atoms with van der Waals surface area (Å²) >= 11 is 8.29. The van der Waals surface area contributed by atoms with Gasteiger partial charge in [-0.1, -0.05) is 103 Å². The number of allylic oxidation sites excluding steroid dienone is 1. The van der Waals surface area contributed by atoms with E-state index in [0.717, 1.165) is 65.4 Å². The smallest absolute Gasteiger partial charge is 0.197 e. The molecule has 6 heteroatoms. The van der Waals surface area contributed by atoms with Crippen molar-refractivity contribution in [3.05, 3.63) is 157 Å². The highest BCUT2D eigenvalue weighted by Gasteiger charge is 2.40. The zero-order chi connectivity index (χ0) is 33.5. The topological polar surface area (TPSA) is 41.7 Å². The molecule has 5 aromatic carbocycles. The molecule has 0 N–H and O–H groups in total. The molecule has 1 aromatic heterocycles. The van der Waals surface area contributed by atoms with Crippen molar-refractivity contribution < 1.29 is 9.59 Å². The number of halogens is 1. The highest BCUT2D eigenvalue weighted by atomic mass is 35.5. The van der Waals surface area contributed by atoms with Crippen LogP contribution in [0.5, 0.6) is 0 Å². The van der Waals surface area contributed by atoms with E-state index < -0.39 is 5.41 Å². The van der Waals surface area contributed by atoms with Crippen LogP contribution in [0, 0.1) is 20.4 Å². The monoisotopic (exact) mass is 660 g/mol. The number of benzene rings is 5. The molecule has 48 heavy (non-hydrogen) atoms. The summed E-state index contributed by atoms with van der Waals surface area (Å²) in [5.74, 6) is -0.464. The Kier molecular flexibility index (Phi) is 6.82. The Morgan fingerprint density at radius 2 is 1.40 bits per heavy atom. The van der Waals surface area contributed by atoms with Gasteiger partial charge < -0.3 is 4.90 Å². The van der Waals surface area contributed by atoms with Gasteiger partial charge in [0, 0.05) is 37.2 Å². The predicted octanol–water partition coefficient (Wildman–Crippen LogP) is 12.0. The van der Waals surface area contributed by atoms with Gasteiger partial charge in [0.25, 0.3) is 0 Å². The van der Waals surface area contributed by atoms with Crippen molar-refractivity contribution in [1.29, 1.82) is 0 Å². The Bertz CT molecular complexity index is 2420. The molecule has 1 aliphatic heterocycles. The first-order chi connectivity index (χ1) is 23.1. The highest BCUT2D eigenvalue weighted by Crippen LogP contribution is 2.57. The lowest BCUT2D eigenvalue weighted by molar-refractivity contribution is 0.0990. The number of anilines is 3. The van der Waals surface area contributed by atoms with Crippen molar-refractivity contribution in [3.8, 4) is 11.1 Å². The van der Waals surface area contributed by atoms with Crippen molar-refractivity contribution in [2.24, 2.45) is 0 Å². The number of hydrogen-bond donors (Lipinski definition) is 0. The third-order valence-electron chi connectivity index (χ3n) is 9.73. The molecule has 0 amide bonds. The molecule has 232 valence electrons. The Morgan fingerprint density at radius 1 is 0.771 bits per heavy atom. The van der Waals surface area contributed by atoms with Crippen LogP contribution in [-0.4, -0.2) is 11.6 Å². The minimum atomic E-state index is -0.419. The van der Waals surface area contributed by atoms with E-state index in [1.165, 1.54) is 0 Å². The van der Waals surface area contributed by atoms with Crippen LogP contribution in [0.15, 0.2) is 103 Å². The molecule has 8 rings (SSSR count). The third-order valence-corrected chi connectivity index (χ3v) is 11.1. The number of thiophene rings is 1. The third kappa shape index (κ3) is 4.41. The minimum Gasteiger partial charge on any atom is -0.301 e. The molecule has 0 saturated carbocycles. The summed E-state index contributed by atoms with van der Waals surface area (Å²) in [7, 11) is 0. The maximum absolute atomic E-state index is 13.4. The lowest BCUT2D eigenvalue weighted by atomic mass is 9.74. The number of carbonyl (C=O) groups excluding carboxylic acids is 2. The number of aryl methyl sites for hydroxylation is 2. The fourth-order valence-electron chi connectivity index (χ4n) is 7.41. The van der Waals surface area contributed by atoms with Gasteiger partial charge in [-0.3, -0.25) is 9.59 Å². The summed E-state index contributed by atoms with van der Waals surface area (Å²) in [5, 5.41) is 3.71. The van der Waals surface area contributed by atoms with Gasteiger partial charge in [-0.15, -0.1) is 11.3 Å². The van der Waals surface area contributed by atoms with Crippen molar-refractivity contribution in [2.75, 3.05) is 4.90 Å². The summed E-state index contributed by atoms with van der Waals surface area (Å²) in [6.45, 7) is 16.1. The molecule has 2 heterocycles. The number of rotatable bonds is 3. The van der Waals surface area contributed by atoms with Gasteiger partial charge in [0.2, 0.25) is 0 Å². The van der Waals surface area contributed by atoms with E-state index in [1.54, 1.807) is 41.7 Å². The van der Waals surface area contributed by atoms with Gasteiger partial charge in [-0.25, -0.2) is 4.85 Å². The van der Waals surface area contributed by atoms with Gasteiger partial charge in [-0.2, -0.15) is 0 Å². The SMILES string of the molecule is [C-]#[N+]c1cc(C)c(-c2ccc3c(c2)C(C)(C)c2cc(C=C4C(=O)c5ccccc5C4=O)sc2N3c2ccc(Cl)c3ccccc23)c(C)c1. The first-order valence-corrected chi connectivity index (χ1v) is 16.9. The fraction of sp³-hybridized carbons (Fsp3) is 0.119. The van der Waals surface area contributed by atoms with Gasteiger partial charge in [0.15, 0.2) is 17.3 Å². The minimum absolute atomic E-state index is 0.199. The lowest BCUT2D eigenvalue weighted by Gasteiger charge is -2.40. The predicted molar refractivity (Wildman–Crippen MR) is 198 cm³/mol. The number of Topliss-reactive ketones (excluding diaryl/α,β-unsaturated/α-hetero) is 2. The quantitative estimate of drug-likeness (QED) is 0.108. The van der Waals surface area contributed by atoms with Crippen molar-refractivity contribution in [3.63, 3.8) is 0 Å². The Morgan fingerprint density at radius 3 is 2.06 bits per heavy atom. The molecular formula is C42H29ClN2O2S. The molecular weight excluding hydrogens is 632 g/mol. The van der Waals surface area contributed by atoms with E-state index in [9.17, 15) is 9.59 Å². The van der Waals surface area contributed by atoms with Crippen molar-refractivity contribution in [2.45, 2.75) is 33.1 Å². The van der Waals surface area contributed by atoms with Crippen LogP contribution in [0.2, 0.25) is 5.02 Å². The first-order valence-electron chi connectivity index (χ1n) is 15.7. The largest absolute Gasteiger partial charge is 0.301 e. The molecule has 2 aliphatic rings. The average Bonchev–Trinajstić information content (AvgIpc) is 3.61. The lowest BCUT2D eigenvalue weighted by Crippen LogP contribution is -2.29. The van der Waals surface area contributed by atoms with Crippen LogP contribution in [0.4, 0.5) is 22.1 Å². The van der Waals surface area contributed by atoms with Crippen LogP contribution in [0.25, 0.3) is 32.8 Å². The number of fused-ring (bicyclic) bond motifs is 4. The summed E-state index contributed by atoms with van der Waals surface area (Å²) in [6.07, 6.45) is 1.77. The van der Waals surface area contributed by atoms with Gasteiger partial charge in [0.05, 0.1) is 23.5 Å². The zero-order valence-electron chi connectivity index (χ0n) is 26.8. The number of ketones is 2. The number of hydrogen-bond acceptors (Lipinski definition) is 4. The van der Waals surface area contributed by atoms with Crippen LogP contribution in [-0.2, 0) is 5.41 Å².